The molecule has 0 saturated heterocycles. The number of benzene rings is 1. The van der Waals surface area contributed by atoms with Gasteiger partial charge >= 0.3 is 0 Å². The molecule has 1 aromatic carbocycles. The molecule has 0 aliphatic carbocycles. The fourth-order valence-electron chi connectivity index (χ4n) is 2.68. The lowest BCUT2D eigenvalue weighted by Gasteiger charge is -2.13. The van der Waals surface area contributed by atoms with E-state index in [1.54, 1.807) is 37.4 Å². The Balaban J connectivity index is 1.76. The highest BCUT2D eigenvalue weighted by atomic mass is 32.1. The quantitative estimate of drug-likeness (QED) is 0.527. The number of rotatable bonds is 8. The Morgan fingerprint density at radius 1 is 1.21 bits per heavy atom. The molecule has 1 amide bonds. The van der Waals surface area contributed by atoms with E-state index in [0.29, 0.717) is 11.5 Å². The van der Waals surface area contributed by atoms with Crippen molar-refractivity contribution < 1.29 is 4.79 Å². The molecule has 0 aliphatic heterocycles. The zero-order chi connectivity index (χ0) is 20.5. The fourth-order valence-corrected chi connectivity index (χ4v) is 3.54. The van der Waals surface area contributed by atoms with Crippen LogP contribution < -0.4 is 10.6 Å². The van der Waals surface area contributed by atoms with Crippen molar-refractivity contribution in [1.82, 2.24) is 20.5 Å². The van der Waals surface area contributed by atoms with Crippen molar-refractivity contribution in [3.05, 3.63) is 51.5 Å². The summed E-state index contributed by atoms with van der Waals surface area (Å²) in [6.45, 7) is 5.86. The highest BCUT2D eigenvalue weighted by molar-refractivity contribution is 7.09. The smallest absolute Gasteiger partial charge is 0.253 e. The zero-order valence-electron chi connectivity index (χ0n) is 17.5. The Hall–Kier alpha value is -2.41. The first-order valence-electron chi connectivity index (χ1n) is 9.60. The molecule has 28 heavy (non-hydrogen) atoms. The van der Waals surface area contributed by atoms with Crippen molar-refractivity contribution in [2.24, 2.45) is 4.99 Å². The van der Waals surface area contributed by atoms with Crippen LogP contribution >= 0.6 is 11.3 Å². The number of nitrogens with zero attached hydrogens (tertiary/aromatic N) is 3. The molecule has 0 saturated carbocycles. The van der Waals surface area contributed by atoms with Gasteiger partial charge in [0.2, 0.25) is 0 Å². The number of nitrogens with one attached hydrogen (secondary N) is 2. The van der Waals surface area contributed by atoms with Crippen molar-refractivity contribution in [3.8, 4) is 0 Å². The maximum Gasteiger partial charge on any atom is 0.253 e. The minimum atomic E-state index is 0.0231. The Morgan fingerprint density at radius 3 is 2.54 bits per heavy atom. The normalized spacial score (nSPS) is 11.6. The van der Waals surface area contributed by atoms with Crippen LogP contribution in [0.3, 0.4) is 0 Å². The molecule has 0 radical (unpaired) electrons. The summed E-state index contributed by atoms with van der Waals surface area (Å²) in [5, 5.41) is 9.98. The number of hydrogen-bond donors (Lipinski definition) is 2. The van der Waals surface area contributed by atoms with Crippen molar-refractivity contribution in [1.29, 1.82) is 0 Å². The molecule has 7 heteroatoms. The van der Waals surface area contributed by atoms with E-state index in [9.17, 15) is 4.79 Å². The van der Waals surface area contributed by atoms with Gasteiger partial charge in [-0.05, 0) is 24.1 Å². The molecule has 0 spiro atoms. The largest absolute Gasteiger partial charge is 0.356 e. The number of aliphatic imine (C=N–C) groups is 1. The van der Waals surface area contributed by atoms with Crippen molar-refractivity contribution in [2.45, 2.75) is 32.6 Å². The molecule has 1 heterocycles. The molecule has 0 bridgehead atoms. The number of guanidine groups is 1. The fraction of sp³-hybridized carbons (Fsp3) is 0.476. The van der Waals surface area contributed by atoms with Gasteiger partial charge in [-0.3, -0.25) is 9.79 Å². The summed E-state index contributed by atoms with van der Waals surface area (Å²) in [7, 11) is 5.30. The van der Waals surface area contributed by atoms with Crippen LogP contribution in [0.5, 0.6) is 0 Å². The summed E-state index contributed by atoms with van der Waals surface area (Å²) in [5.74, 6) is 1.28. The molecule has 2 rings (SSSR count). The standard InChI is InChI=1S/C21H31N5OS/c1-15(2)19-25-18(14-28-19)10-12-24-21(22-3)23-11-9-16-7-6-8-17(13-16)20(27)26(4)5/h6-8,13-15H,9-12H2,1-5H3,(H2,22,23,24). The van der Waals surface area contributed by atoms with Gasteiger partial charge in [0.05, 0.1) is 10.7 Å². The highest BCUT2D eigenvalue weighted by Gasteiger charge is 2.08. The molecular weight excluding hydrogens is 370 g/mol. The third-order valence-electron chi connectivity index (χ3n) is 4.25. The second-order valence-electron chi connectivity index (χ2n) is 7.16. The lowest BCUT2D eigenvalue weighted by Crippen LogP contribution is -2.39. The molecule has 0 aliphatic rings. The van der Waals surface area contributed by atoms with Gasteiger partial charge in [0.1, 0.15) is 0 Å². The van der Waals surface area contributed by atoms with Gasteiger partial charge < -0.3 is 15.5 Å². The predicted molar refractivity (Wildman–Crippen MR) is 117 cm³/mol. The van der Waals surface area contributed by atoms with Crippen LogP contribution in [0.4, 0.5) is 0 Å². The van der Waals surface area contributed by atoms with Gasteiger partial charge in [-0.25, -0.2) is 4.98 Å². The molecular formula is C21H31N5OS. The van der Waals surface area contributed by atoms with Gasteiger partial charge in [0.15, 0.2) is 5.96 Å². The minimum absolute atomic E-state index is 0.0231. The lowest BCUT2D eigenvalue weighted by atomic mass is 10.1. The van der Waals surface area contributed by atoms with E-state index >= 15 is 0 Å². The monoisotopic (exact) mass is 401 g/mol. The molecule has 1 aromatic heterocycles. The van der Waals surface area contributed by atoms with E-state index in [0.717, 1.165) is 43.1 Å². The van der Waals surface area contributed by atoms with Crippen molar-refractivity contribution in [3.63, 3.8) is 0 Å². The highest BCUT2D eigenvalue weighted by Crippen LogP contribution is 2.19. The summed E-state index contributed by atoms with van der Waals surface area (Å²) in [6.07, 6.45) is 1.69. The maximum absolute atomic E-state index is 12.1. The van der Waals surface area contributed by atoms with E-state index in [2.05, 4.69) is 39.8 Å². The number of carbonyl (C=O) groups is 1. The summed E-state index contributed by atoms with van der Waals surface area (Å²) < 4.78 is 0. The van der Waals surface area contributed by atoms with Crippen molar-refractivity contribution >= 4 is 23.2 Å². The summed E-state index contributed by atoms with van der Waals surface area (Å²) in [4.78, 5) is 22.6. The first kappa shape index (κ1) is 21.9. The van der Waals surface area contributed by atoms with Crippen LogP contribution in [0.1, 0.15) is 46.4 Å². The van der Waals surface area contributed by atoms with E-state index < -0.39 is 0 Å². The third kappa shape index (κ3) is 6.64. The number of thiazole rings is 1. The van der Waals surface area contributed by atoms with Crippen molar-refractivity contribution in [2.75, 3.05) is 34.2 Å². The number of hydrogen-bond acceptors (Lipinski definition) is 4. The molecule has 0 fully saturated rings. The SMILES string of the molecule is CN=C(NCCc1cccc(C(=O)N(C)C)c1)NCCc1csc(C(C)C)n1. The van der Waals surface area contributed by atoms with Crippen LogP contribution in [0.25, 0.3) is 0 Å². The second kappa shape index (κ2) is 10.8. The third-order valence-corrected chi connectivity index (χ3v) is 5.44. The average molecular weight is 402 g/mol. The van der Waals surface area contributed by atoms with Crippen LogP contribution in [-0.2, 0) is 12.8 Å². The van der Waals surface area contributed by atoms with Gasteiger partial charge in [-0.1, -0.05) is 26.0 Å². The van der Waals surface area contributed by atoms with Gasteiger partial charge in [0, 0.05) is 57.5 Å². The van der Waals surface area contributed by atoms with Crippen LogP contribution in [-0.4, -0.2) is 56.0 Å². The minimum Gasteiger partial charge on any atom is -0.356 e. The first-order valence-corrected chi connectivity index (χ1v) is 10.5. The zero-order valence-corrected chi connectivity index (χ0v) is 18.3. The second-order valence-corrected chi connectivity index (χ2v) is 8.05. The summed E-state index contributed by atoms with van der Waals surface area (Å²) in [5.41, 5.74) is 2.97. The van der Waals surface area contributed by atoms with Gasteiger partial charge in [-0.15, -0.1) is 11.3 Å². The van der Waals surface area contributed by atoms with Crippen LogP contribution in [0, 0.1) is 0 Å². The molecule has 6 nitrogen and oxygen atoms in total. The number of aromatic nitrogens is 1. The predicted octanol–water partition coefficient (Wildman–Crippen LogP) is 2.92. The van der Waals surface area contributed by atoms with Crippen LogP contribution in [0.15, 0.2) is 34.6 Å². The number of carbonyl (C=O) groups excluding carboxylic acids is 1. The summed E-state index contributed by atoms with van der Waals surface area (Å²) in [6, 6.07) is 7.77. The average Bonchev–Trinajstić information content (AvgIpc) is 3.15. The Kier molecular flexibility index (Phi) is 8.44. The molecule has 2 aromatic rings. The maximum atomic E-state index is 12.1. The van der Waals surface area contributed by atoms with Crippen LogP contribution in [0.2, 0.25) is 0 Å². The molecule has 0 atom stereocenters. The van der Waals surface area contributed by atoms with E-state index in [1.807, 2.05) is 24.3 Å². The topological polar surface area (TPSA) is 69.6 Å². The molecule has 2 N–H and O–H groups in total. The Morgan fingerprint density at radius 2 is 1.93 bits per heavy atom. The Bertz CT molecular complexity index is 798. The molecule has 152 valence electrons. The first-order chi connectivity index (χ1) is 13.4. The van der Waals surface area contributed by atoms with Gasteiger partial charge in [-0.2, -0.15) is 0 Å². The number of amides is 1. The lowest BCUT2D eigenvalue weighted by molar-refractivity contribution is 0.0827. The van der Waals surface area contributed by atoms with E-state index in [4.69, 9.17) is 0 Å². The molecule has 0 unspecified atom stereocenters. The summed E-state index contributed by atoms with van der Waals surface area (Å²) >= 11 is 1.73. The van der Waals surface area contributed by atoms with E-state index in [-0.39, 0.29) is 5.91 Å². The Labute approximate surface area is 172 Å². The van der Waals surface area contributed by atoms with Gasteiger partial charge in [0.25, 0.3) is 5.91 Å². The van der Waals surface area contributed by atoms with E-state index in [1.165, 1.54) is 5.01 Å².